The molecule has 21 heavy (non-hydrogen) atoms. The van der Waals surface area contributed by atoms with Crippen molar-refractivity contribution in [3.8, 4) is 0 Å². The summed E-state index contributed by atoms with van der Waals surface area (Å²) in [4.78, 5) is 22.3. The highest BCUT2D eigenvalue weighted by Crippen LogP contribution is 2.48. The molecule has 0 aliphatic heterocycles. The molecule has 114 valence electrons. The second kappa shape index (κ2) is 6.41. The van der Waals surface area contributed by atoms with Crippen LogP contribution in [0.15, 0.2) is 18.2 Å². The molecule has 0 aromatic heterocycles. The van der Waals surface area contributed by atoms with Crippen molar-refractivity contribution < 1.29 is 14.5 Å². The number of nitrogens with zero attached hydrogens (tertiary/aromatic N) is 1. The molecule has 1 N–H and O–H groups in total. The first kappa shape index (κ1) is 15.7. The summed E-state index contributed by atoms with van der Waals surface area (Å²) in [6.07, 6.45) is 3.04. The van der Waals surface area contributed by atoms with Gasteiger partial charge in [0.05, 0.1) is 4.92 Å². The van der Waals surface area contributed by atoms with E-state index in [4.69, 9.17) is 16.3 Å². The van der Waals surface area contributed by atoms with E-state index in [-0.39, 0.29) is 27.6 Å². The van der Waals surface area contributed by atoms with Gasteiger partial charge in [0.2, 0.25) is 0 Å². The minimum absolute atomic E-state index is 0.0234. The molecule has 0 radical (unpaired) electrons. The Morgan fingerprint density at radius 2 is 2.24 bits per heavy atom. The molecule has 1 fully saturated rings. The van der Waals surface area contributed by atoms with E-state index < -0.39 is 4.92 Å². The number of rotatable bonds is 7. The van der Waals surface area contributed by atoms with Gasteiger partial charge in [0.1, 0.15) is 5.02 Å². The molecule has 0 bridgehead atoms. The van der Waals surface area contributed by atoms with Crippen LogP contribution in [-0.4, -0.2) is 31.1 Å². The van der Waals surface area contributed by atoms with Gasteiger partial charge in [-0.25, -0.2) is 0 Å². The Kier molecular flexibility index (Phi) is 4.80. The van der Waals surface area contributed by atoms with E-state index in [1.165, 1.54) is 18.2 Å². The molecule has 7 heteroatoms. The van der Waals surface area contributed by atoms with E-state index in [1.54, 1.807) is 7.11 Å². The van der Waals surface area contributed by atoms with Crippen LogP contribution in [0.1, 0.15) is 29.6 Å². The molecule has 0 atom stereocenters. The van der Waals surface area contributed by atoms with Crippen molar-refractivity contribution in [1.82, 2.24) is 5.32 Å². The second-order valence-electron chi connectivity index (χ2n) is 5.35. The third-order valence-corrected chi connectivity index (χ3v) is 4.14. The monoisotopic (exact) mass is 312 g/mol. The van der Waals surface area contributed by atoms with Crippen LogP contribution in [0.25, 0.3) is 0 Å². The average molecular weight is 313 g/mol. The lowest BCUT2D eigenvalue weighted by Gasteiger charge is -2.15. The van der Waals surface area contributed by atoms with Crippen molar-refractivity contribution in [2.45, 2.75) is 19.3 Å². The van der Waals surface area contributed by atoms with Gasteiger partial charge in [0.15, 0.2) is 0 Å². The first-order valence-electron chi connectivity index (χ1n) is 6.68. The molecule has 0 saturated heterocycles. The van der Waals surface area contributed by atoms with Gasteiger partial charge in [-0.15, -0.1) is 0 Å². The van der Waals surface area contributed by atoms with E-state index in [2.05, 4.69) is 5.32 Å². The molecule has 2 rings (SSSR count). The number of amides is 1. The van der Waals surface area contributed by atoms with Gasteiger partial charge in [-0.3, -0.25) is 14.9 Å². The fraction of sp³-hybridized carbons (Fsp3) is 0.500. The molecule has 1 aliphatic carbocycles. The summed E-state index contributed by atoms with van der Waals surface area (Å²) in [6, 6.07) is 4.05. The van der Waals surface area contributed by atoms with Gasteiger partial charge in [0.25, 0.3) is 11.6 Å². The van der Waals surface area contributed by atoms with Crippen LogP contribution in [0.5, 0.6) is 0 Å². The van der Waals surface area contributed by atoms with Crippen molar-refractivity contribution >= 4 is 23.2 Å². The van der Waals surface area contributed by atoms with Crippen LogP contribution in [-0.2, 0) is 4.74 Å². The Balaban J connectivity index is 1.98. The molecule has 0 heterocycles. The summed E-state index contributed by atoms with van der Waals surface area (Å²) >= 11 is 5.73. The number of hydrogen-bond acceptors (Lipinski definition) is 4. The van der Waals surface area contributed by atoms with Crippen molar-refractivity contribution in [2.24, 2.45) is 5.41 Å². The molecule has 6 nitrogen and oxygen atoms in total. The van der Waals surface area contributed by atoms with Crippen LogP contribution in [0.3, 0.4) is 0 Å². The van der Waals surface area contributed by atoms with Crippen molar-refractivity contribution in [3.05, 3.63) is 38.9 Å². The summed E-state index contributed by atoms with van der Waals surface area (Å²) < 4.78 is 5.06. The zero-order valence-corrected chi connectivity index (χ0v) is 12.5. The largest absolute Gasteiger partial charge is 0.385 e. The maximum atomic E-state index is 12.1. The molecule has 1 saturated carbocycles. The molecule has 0 unspecified atom stereocenters. The van der Waals surface area contributed by atoms with Gasteiger partial charge in [-0.05, 0) is 36.8 Å². The minimum atomic E-state index is -0.597. The number of nitro benzene ring substituents is 1. The second-order valence-corrected chi connectivity index (χ2v) is 5.76. The Hall–Kier alpha value is -1.66. The maximum Gasteiger partial charge on any atom is 0.288 e. The number of methoxy groups -OCH3 is 1. The highest BCUT2D eigenvalue weighted by molar-refractivity contribution is 6.32. The Morgan fingerprint density at radius 3 is 2.81 bits per heavy atom. The van der Waals surface area contributed by atoms with Gasteiger partial charge >= 0.3 is 0 Å². The number of halogens is 1. The number of ether oxygens (including phenoxy) is 1. The Morgan fingerprint density at radius 1 is 1.52 bits per heavy atom. The zero-order valence-electron chi connectivity index (χ0n) is 11.7. The van der Waals surface area contributed by atoms with Crippen molar-refractivity contribution in [1.29, 1.82) is 0 Å². The topological polar surface area (TPSA) is 81.5 Å². The SMILES string of the molecule is COCCC1(CNC(=O)c2ccc(Cl)c([N+](=O)[O-])c2)CC1. The van der Waals surface area contributed by atoms with Crippen molar-refractivity contribution in [2.75, 3.05) is 20.3 Å². The molecule has 1 aliphatic rings. The predicted molar refractivity (Wildman–Crippen MR) is 78.6 cm³/mol. The maximum absolute atomic E-state index is 12.1. The van der Waals surface area contributed by atoms with E-state index in [0.29, 0.717) is 13.2 Å². The summed E-state index contributed by atoms with van der Waals surface area (Å²) in [6.45, 7) is 1.23. The molecular weight excluding hydrogens is 296 g/mol. The van der Waals surface area contributed by atoms with E-state index in [0.717, 1.165) is 19.3 Å². The number of carbonyl (C=O) groups is 1. The number of nitro groups is 1. The number of hydrogen-bond donors (Lipinski definition) is 1. The predicted octanol–water partition coefficient (Wildman–Crippen LogP) is 2.79. The number of benzene rings is 1. The fourth-order valence-corrected chi connectivity index (χ4v) is 2.36. The lowest BCUT2D eigenvalue weighted by molar-refractivity contribution is -0.384. The van der Waals surface area contributed by atoms with Crippen LogP contribution >= 0.6 is 11.6 Å². The Labute approximate surface area is 127 Å². The standard InChI is InChI=1S/C14H17ClN2O4/c1-21-7-6-14(4-5-14)9-16-13(18)10-2-3-11(15)12(8-10)17(19)20/h2-3,8H,4-7,9H2,1H3,(H,16,18). The van der Waals surface area contributed by atoms with Gasteiger partial charge < -0.3 is 10.1 Å². The van der Waals surface area contributed by atoms with Gasteiger partial charge in [-0.1, -0.05) is 11.6 Å². The third-order valence-electron chi connectivity index (χ3n) is 3.82. The lowest BCUT2D eigenvalue weighted by atomic mass is 10.0. The lowest BCUT2D eigenvalue weighted by Crippen LogP contribution is -2.30. The van der Waals surface area contributed by atoms with Gasteiger partial charge in [0, 0.05) is 31.9 Å². The summed E-state index contributed by atoms with van der Waals surface area (Å²) in [5, 5.41) is 13.7. The van der Waals surface area contributed by atoms with E-state index >= 15 is 0 Å². The summed E-state index contributed by atoms with van der Waals surface area (Å²) in [5.41, 5.74) is 0.114. The van der Waals surface area contributed by atoms with Crippen LogP contribution < -0.4 is 5.32 Å². The quantitative estimate of drug-likeness (QED) is 0.620. The van der Waals surface area contributed by atoms with E-state index in [9.17, 15) is 14.9 Å². The van der Waals surface area contributed by atoms with Gasteiger partial charge in [-0.2, -0.15) is 0 Å². The number of carbonyl (C=O) groups excluding carboxylic acids is 1. The molecule has 1 aromatic carbocycles. The third kappa shape index (κ3) is 3.92. The summed E-state index contributed by atoms with van der Waals surface area (Å²) in [7, 11) is 1.65. The highest BCUT2D eigenvalue weighted by Gasteiger charge is 2.42. The molecular formula is C14H17ClN2O4. The molecule has 1 amide bonds. The summed E-state index contributed by atoms with van der Waals surface area (Å²) in [5.74, 6) is -0.321. The zero-order chi connectivity index (χ0) is 15.5. The average Bonchev–Trinajstić information content (AvgIpc) is 3.23. The fourth-order valence-electron chi connectivity index (χ4n) is 2.17. The molecule has 0 spiro atoms. The first-order valence-corrected chi connectivity index (χ1v) is 7.06. The Bertz CT molecular complexity index is 558. The van der Waals surface area contributed by atoms with Crippen LogP contribution in [0.4, 0.5) is 5.69 Å². The van der Waals surface area contributed by atoms with E-state index in [1.807, 2.05) is 0 Å². The number of nitrogens with one attached hydrogen (secondary N) is 1. The normalized spacial score (nSPS) is 15.5. The van der Waals surface area contributed by atoms with Crippen LogP contribution in [0, 0.1) is 15.5 Å². The first-order chi connectivity index (χ1) is 9.97. The molecule has 1 aromatic rings. The smallest absolute Gasteiger partial charge is 0.288 e. The highest BCUT2D eigenvalue weighted by atomic mass is 35.5. The van der Waals surface area contributed by atoms with Crippen molar-refractivity contribution in [3.63, 3.8) is 0 Å². The van der Waals surface area contributed by atoms with Crippen LogP contribution in [0.2, 0.25) is 5.02 Å². The minimum Gasteiger partial charge on any atom is -0.385 e.